The number of aromatic hydroxyl groups is 2. The Morgan fingerprint density at radius 1 is 1.29 bits per heavy atom. The van der Waals surface area contributed by atoms with Gasteiger partial charge in [-0.2, -0.15) is 0 Å². The van der Waals surface area contributed by atoms with E-state index < -0.39 is 17.3 Å². The van der Waals surface area contributed by atoms with E-state index in [4.69, 9.17) is 5.73 Å². The van der Waals surface area contributed by atoms with Crippen molar-refractivity contribution in [3.05, 3.63) is 59.7 Å². The van der Waals surface area contributed by atoms with Gasteiger partial charge in [0.15, 0.2) is 17.5 Å². The molecule has 2 aromatic rings. The van der Waals surface area contributed by atoms with Crippen LogP contribution in [0.5, 0.6) is 11.5 Å². The molecule has 0 aliphatic carbocycles. The number of amides is 3. The van der Waals surface area contributed by atoms with Crippen LogP contribution in [0.3, 0.4) is 0 Å². The molecule has 0 aromatic heterocycles. The number of nitrogens with two attached hydrogens (primary N) is 1. The summed E-state index contributed by atoms with van der Waals surface area (Å²) in [5.74, 6) is -0.336. The number of para-hydroxylation sites is 1. The van der Waals surface area contributed by atoms with Gasteiger partial charge in [0.2, 0.25) is 0 Å². The SMILES string of the molecule is C=Cc1cc(CNC(=O)Nc2cccc(O)c2O)ccc1CN1C(=O)C(C)(CC(C)C)N=C1N. The first-order chi connectivity index (χ1) is 16.0. The largest absolute Gasteiger partial charge is 0.504 e. The van der Waals surface area contributed by atoms with Gasteiger partial charge in [0, 0.05) is 6.54 Å². The molecule has 3 amide bonds. The highest BCUT2D eigenvalue weighted by Gasteiger charge is 2.44. The molecule has 1 atom stereocenters. The highest BCUT2D eigenvalue weighted by Crippen LogP contribution is 2.32. The van der Waals surface area contributed by atoms with Gasteiger partial charge in [-0.25, -0.2) is 9.79 Å². The van der Waals surface area contributed by atoms with E-state index in [1.807, 2.05) is 39.0 Å². The number of guanidine groups is 1. The first kappa shape index (κ1) is 24.6. The average Bonchev–Trinajstić information content (AvgIpc) is 2.98. The molecule has 2 aromatic carbocycles. The Labute approximate surface area is 199 Å². The Hall–Kier alpha value is -4.01. The summed E-state index contributed by atoms with van der Waals surface area (Å²) in [6.07, 6.45) is 2.30. The van der Waals surface area contributed by atoms with Crippen molar-refractivity contribution in [2.45, 2.75) is 45.8 Å². The fourth-order valence-electron chi connectivity index (χ4n) is 4.08. The Bertz CT molecular complexity index is 1140. The molecule has 0 bridgehead atoms. The van der Waals surface area contributed by atoms with Crippen molar-refractivity contribution in [1.82, 2.24) is 10.2 Å². The first-order valence-corrected chi connectivity index (χ1v) is 11.0. The minimum atomic E-state index is -0.853. The molecule has 0 fully saturated rings. The molecule has 9 heteroatoms. The van der Waals surface area contributed by atoms with E-state index in [-0.39, 0.29) is 36.4 Å². The maximum Gasteiger partial charge on any atom is 0.319 e. The smallest absolute Gasteiger partial charge is 0.319 e. The number of carbonyl (C=O) groups excluding carboxylic acids is 2. The number of nitrogens with zero attached hydrogens (tertiary/aromatic N) is 2. The topological polar surface area (TPSA) is 140 Å². The second kappa shape index (κ2) is 9.86. The number of phenolic OH excluding ortho intramolecular Hbond substituents is 2. The molecule has 9 nitrogen and oxygen atoms in total. The molecule has 0 spiro atoms. The Morgan fingerprint density at radius 3 is 2.71 bits per heavy atom. The predicted octanol–water partition coefficient (Wildman–Crippen LogP) is 3.52. The number of hydrogen-bond acceptors (Lipinski definition) is 6. The normalized spacial score (nSPS) is 17.6. The number of hydrogen-bond donors (Lipinski definition) is 5. The van der Waals surface area contributed by atoms with Crippen molar-refractivity contribution in [2.24, 2.45) is 16.6 Å². The summed E-state index contributed by atoms with van der Waals surface area (Å²) in [6, 6.07) is 9.34. The second-order valence-corrected chi connectivity index (χ2v) is 8.95. The van der Waals surface area contributed by atoms with Crippen molar-refractivity contribution in [2.75, 3.05) is 5.32 Å². The van der Waals surface area contributed by atoms with Crippen LogP contribution in [-0.4, -0.2) is 38.5 Å². The van der Waals surface area contributed by atoms with Gasteiger partial charge in [0.05, 0.1) is 12.2 Å². The number of nitrogens with one attached hydrogen (secondary N) is 2. The summed E-state index contributed by atoms with van der Waals surface area (Å²) in [4.78, 5) is 31.2. The molecule has 1 heterocycles. The molecule has 0 saturated carbocycles. The molecule has 1 aliphatic heterocycles. The van der Waals surface area contributed by atoms with Crippen molar-refractivity contribution in [3.8, 4) is 11.5 Å². The van der Waals surface area contributed by atoms with E-state index >= 15 is 0 Å². The first-order valence-electron chi connectivity index (χ1n) is 11.0. The zero-order chi connectivity index (χ0) is 25.0. The Morgan fingerprint density at radius 2 is 2.03 bits per heavy atom. The number of urea groups is 1. The monoisotopic (exact) mass is 465 g/mol. The van der Waals surface area contributed by atoms with Gasteiger partial charge in [0.25, 0.3) is 5.91 Å². The van der Waals surface area contributed by atoms with E-state index in [1.54, 1.807) is 6.08 Å². The van der Waals surface area contributed by atoms with Crippen LogP contribution in [0.2, 0.25) is 0 Å². The summed E-state index contributed by atoms with van der Waals surface area (Å²) in [5, 5.41) is 24.5. The lowest BCUT2D eigenvalue weighted by molar-refractivity contribution is -0.131. The van der Waals surface area contributed by atoms with E-state index in [9.17, 15) is 19.8 Å². The minimum Gasteiger partial charge on any atom is -0.504 e. The van der Waals surface area contributed by atoms with Gasteiger partial charge in [-0.15, -0.1) is 0 Å². The van der Waals surface area contributed by atoms with E-state index in [1.165, 1.54) is 23.1 Å². The van der Waals surface area contributed by atoms with Crippen molar-refractivity contribution in [3.63, 3.8) is 0 Å². The Kier molecular flexibility index (Phi) is 7.14. The van der Waals surface area contributed by atoms with Crippen LogP contribution < -0.4 is 16.4 Å². The zero-order valence-electron chi connectivity index (χ0n) is 19.6. The number of aliphatic imine (C=N–C) groups is 1. The Balaban J connectivity index is 1.66. The van der Waals surface area contributed by atoms with Gasteiger partial charge in [-0.05, 0) is 54.2 Å². The van der Waals surface area contributed by atoms with E-state index in [0.29, 0.717) is 12.3 Å². The lowest BCUT2D eigenvalue weighted by atomic mass is 9.91. The number of benzene rings is 2. The van der Waals surface area contributed by atoms with Gasteiger partial charge in [-0.1, -0.05) is 44.7 Å². The third kappa shape index (κ3) is 5.31. The maximum absolute atomic E-state index is 13.0. The van der Waals surface area contributed by atoms with Crippen LogP contribution in [0.1, 0.15) is 43.9 Å². The van der Waals surface area contributed by atoms with E-state index in [0.717, 1.165) is 16.7 Å². The molecule has 3 rings (SSSR count). The number of rotatable bonds is 8. The fraction of sp³-hybridized carbons (Fsp3) is 0.320. The number of anilines is 1. The standard InChI is InChI=1S/C25H31N5O4/c1-5-17-11-16(13-27-24(34)28-19-7-6-8-20(31)21(19)32)9-10-18(17)14-30-22(33)25(4,12-15(2)3)29-23(30)26/h5-11,15,31-32H,1,12-14H2,2-4H3,(H2,26,29)(H2,27,28,34). The van der Waals surface area contributed by atoms with Crippen LogP contribution in [0.15, 0.2) is 48.0 Å². The molecule has 6 N–H and O–H groups in total. The van der Waals surface area contributed by atoms with E-state index in [2.05, 4.69) is 22.2 Å². The predicted molar refractivity (Wildman–Crippen MR) is 132 cm³/mol. The van der Waals surface area contributed by atoms with Gasteiger partial charge < -0.3 is 26.6 Å². The number of phenols is 2. The van der Waals surface area contributed by atoms with Crippen LogP contribution in [0, 0.1) is 5.92 Å². The molecule has 34 heavy (non-hydrogen) atoms. The van der Waals surface area contributed by atoms with Gasteiger partial charge in [0.1, 0.15) is 5.54 Å². The van der Waals surface area contributed by atoms with Crippen molar-refractivity contribution >= 4 is 29.7 Å². The lowest BCUT2D eigenvalue weighted by Crippen LogP contribution is -2.43. The summed E-state index contributed by atoms with van der Waals surface area (Å²) < 4.78 is 0. The molecule has 1 aliphatic rings. The highest BCUT2D eigenvalue weighted by atomic mass is 16.3. The third-order valence-electron chi connectivity index (χ3n) is 5.62. The highest BCUT2D eigenvalue weighted by molar-refractivity contribution is 6.06. The molecular formula is C25H31N5O4. The van der Waals surface area contributed by atoms with Crippen molar-refractivity contribution < 1.29 is 19.8 Å². The fourth-order valence-corrected chi connectivity index (χ4v) is 4.08. The zero-order valence-corrected chi connectivity index (χ0v) is 19.6. The number of carbonyl (C=O) groups is 2. The van der Waals surface area contributed by atoms with Crippen LogP contribution >= 0.6 is 0 Å². The average molecular weight is 466 g/mol. The molecule has 1 unspecified atom stereocenters. The van der Waals surface area contributed by atoms with Crippen LogP contribution in [-0.2, 0) is 17.9 Å². The van der Waals surface area contributed by atoms with Crippen molar-refractivity contribution in [1.29, 1.82) is 0 Å². The van der Waals surface area contributed by atoms with Gasteiger partial charge in [-0.3, -0.25) is 9.69 Å². The van der Waals surface area contributed by atoms with Crippen LogP contribution in [0.4, 0.5) is 10.5 Å². The quantitative estimate of drug-likeness (QED) is 0.379. The van der Waals surface area contributed by atoms with Gasteiger partial charge >= 0.3 is 6.03 Å². The third-order valence-corrected chi connectivity index (χ3v) is 5.62. The summed E-state index contributed by atoms with van der Waals surface area (Å²) in [7, 11) is 0. The molecule has 0 radical (unpaired) electrons. The molecule has 0 saturated heterocycles. The summed E-state index contributed by atoms with van der Waals surface area (Å²) in [5.41, 5.74) is 7.81. The second-order valence-electron chi connectivity index (χ2n) is 8.95. The summed E-state index contributed by atoms with van der Waals surface area (Å²) >= 11 is 0. The lowest BCUT2D eigenvalue weighted by Gasteiger charge is -2.24. The maximum atomic E-state index is 13.0. The van der Waals surface area contributed by atoms with Crippen LogP contribution in [0.25, 0.3) is 6.08 Å². The minimum absolute atomic E-state index is 0.0960. The summed E-state index contributed by atoms with van der Waals surface area (Å²) in [6.45, 7) is 10.3. The molecule has 180 valence electrons. The molecular weight excluding hydrogens is 434 g/mol.